The molecule has 4 heteroatoms. The van der Waals surface area contributed by atoms with Crippen LogP contribution in [0.25, 0.3) is 0 Å². The van der Waals surface area contributed by atoms with Crippen molar-refractivity contribution in [3.8, 4) is 0 Å². The highest BCUT2D eigenvalue weighted by Gasteiger charge is 1.87. The van der Waals surface area contributed by atoms with E-state index in [0.717, 1.165) is 0 Å². The van der Waals surface area contributed by atoms with Gasteiger partial charge in [0.15, 0.2) is 4.34 Å². The first-order valence-electron chi connectivity index (χ1n) is 1.64. The first-order valence-corrected chi connectivity index (χ1v) is 3.29. The zero-order valence-electron chi connectivity index (χ0n) is 3.37. The number of thiazole rings is 1. The first-order chi connectivity index (χ1) is 3.43. The standard InChI is InChI=1S/C3H3NOS2/c5-7-3-4-1-2-6-3/h1-2,5H. The van der Waals surface area contributed by atoms with E-state index in [1.54, 1.807) is 6.20 Å². The first kappa shape index (κ1) is 5.08. The summed E-state index contributed by atoms with van der Waals surface area (Å²) in [6, 6.07) is 0. The molecule has 0 aliphatic carbocycles. The predicted octanol–water partition coefficient (Wildman–Crippen LogP) is 1.71. The van der Waals surface area contributed by atoms with Crippen LogP contribution in [0.1, 0.15) is 0 Å². The maximum absolute atomic E-state index is 8.29. The second-order valence-electron chi connectivity index (χ2n) is 0.889. The van der Waals surface area contributed by atoms with E-state index in [9.17, 15) is 0 Å². The summed E-state index contributed by atoms with van der Waals surface area (Å²) >= 11 is 2.11. The highest BCUT2D eigenvalue weighted by Crippen LogP contribution is 2.15. The minimum Gasteiger partial charge on any atom is -0.324 e. The number of hydrogen-bond donors (Lipinski definition) is 1. The SMILES string of the molecule is OSc1nccs1. The second-order valence-corrected chi connectivity index (χ2v) is 2.61. The molecule has 0 fully saturated rings. The number of rotatable bonds is 1. The van der Waals surface area contributed by atoms with Crippen molar-refractivity contribution in [1.29, 1.82) is 0 Å². The third kappa shape index (κ3) is 1.15. The molecule has 1 heterocycles. The molecule has 7 heavy (non-hydrogen) atoms. The summed E-state index contributed by atoms with van der Waals surface area (Å²) in [5.74, 6) is 0. The minimum absolute atomic E-state index is 0.683. The maximum Gasteiger partial charge on any atom is 0.176 e. The zero-order valence-corrected chi connectivity index (χ0v) is 5.00. The van der Waals surface area contributed by atoms with Gasteiger partial charge in [-0.2, -0.15) is 0 Å². The van der Waals surface area contributed by atoms with Crippen LogP contribution in [0.4, 0.5) is 0 Å². The predicted molar refractivity (Wildman–Crippen MR) is 30.6 cm³/mol. The van der Waals surface area contributed by atoms with Crippen LogP contribution in [0.3, 0.4) is 0 Å². The van der Waals surface area contributed by atoms with E-state index in [-0.39, 0.29) is 0 Å². The Balaban J connectivity index is 2.76. The molecule has 1 N–H and O–H groups in total. The number of aromatic nitrogens is 1. The second kappa shape index (κ2) is 2.30. The fourth-order valence-corrected chi connectivity index (χ4v) is 1.06. The lowest BCUT2D eigenvalue weighted by Gasteiger charge is -1.75. The average molecular weight is 133 g/mol. The van der Waals surface area contributed by atoms with Gasteiger partial charge >= 0.3 is 0 Å². The third-order valence-electron chi connectivity index (χ3n) is 0.488. The van der Waals surface area contributed by atoms with E-state index in [2.05, 4.69) is 4.98 Å². The van der Waals surface area contributed by atoms with Crippen LogP contribution in [-0.2, 0) is 0 Å². The quantitative estimate of drug-likeness (QED) is 0.592. The van der Waals surface area contributed by atoms with Gasteiger partial charge in [-0.25, -0.2) is 4.98 Å². The molecular formula is C3H3NOS2. The van der Waals surface area contributed by atoms with E-state index in [1.807, 2.05) is 5.38 Å². The normalized spacial score (nSPS) is 9.29. The van der Waals surface area contributed by atoms with Crippen LogP contribution in [0.2, 0.25) is 0 Å². The largest absolute Gasteiger partial charge is 0.324 e. The van der Waals surface area contributed by atoms with Crippen molar-refractivity contribution in [2.24, 2.45) is 0 Å². The van der Waals surface area contributed by atoms with E-state index in [0.29, 0.717) is 16.4 Å². The molecule has 1 aromatic rings. The Morgan fingerprint density at radius 1 is 1.86 bits per heavy atom. The molecule has 0 unspecified atom stereocenters. The van der Waals surface area contributed by atoms with Crippen molar-refractivity contribution in [1.82, 2.24) is 4.98 Å². The van der Waals surface area contributed by atoms with Gasteiger partial charge in [0.2, 0.25) is 0 Å². The molecule has 1 aromatic heterocycles. The summed E-state index contributed by atoms with van der Waals surface area (Å²) in [4.78, 5) is 3.77. The van der Waals surface area contributed by atoms with Crippen LogP contribution in [0, 0.1) is 0 Å². The van der Waals surface area contributed by atoms with Crippen LogP contribution in [0.5, 0.6) is 0 Å². The van der Waals surface area contributed by atoms with Gasteiger partial charge in [0.25, 0.3) is 0 Å². The molecule has 0 bridgehead atoms. The Morgan fingerprint density at radius 3 is 3.00 bits per heavy atom. The van der Waals surface area contributed by atoms with Crippen molar-refractivity contribution in [3.63, 3.8) is 0 Å². The Kier molecular flexibility index (Phi) is 1.67. The Morgan fingerprint density at radius 2 is 2.71 bits per heavy atom. The third-order valence-corrected chi connectivity index (χ3v) is 1.83. The molecule has 0 radical (unpaired) electrons. The van der Waals surface area contributed by atoms with E-state index >= 15 is 0 Å². The van der Waals surface area contributed by atoms with Crippen molar-refractivity contribution < 1.29 is 4.55 Å². The van der Waals surface area contributed by atoms with Gasteiger partial charge in [-0.1, -0.05) is 0 Å². The summed E-state index contributed by atoms with van der Waals surface area (Å²) < 4.78 is 8.99. The molecule has 0 aliphatic heterocycles. The lowest BCUT2D eigenvalue weighted by Crippen LogP contribution is -1.58. The summed E-state index contributed by atoms with van der Waals surface area (Å²) in [6.07, 6.45) is 1.66. The topological polar surface area (TPSA) is 33.1 Å². The molecular weight excluding hydrogens is 130 g/mol. The fourth-order valence-electron chi connectivity index (χ4n) is 0.255. The van der Waals surface area contributed by atoms with Gasteiger partial charge in [-0.15, -0.1) is 11.3 Å². The maximum atomic E-state index is 8.29. The van der Waals surface area contributed by atoms with Crippen molar-refractivity contribution in [2.45, 2.75) is 4.34 Å². The van der Waals surface area contributed by atoms with Crippen molar-refractivity contribution in [2.75, 3.05) is 0 Å². The Hall–Kier alpha value is -0.0600. The highest BCUT2D eigenvalue weighted by molar-refractivity contribution is 7.95. The summed E-state index contributed by atoms with van der Waals surface area (Å²) in [5.41, 5.74) is 0. The van der Waals surface area contributed by atoms with Gasteiger partial charge in [-0.3, -0.25) is 0 Å². The molecule has 0 aromatic carbocycles. The number of nitrogens with zero attached hydrogens (tertiary/aromatic N) is 1. The van der Waals surface area contributed by atoms with E-state index in [1.165, 1.54) is 11.3 Å². The zero-order chi connectivity index (χ0) is 5.11. The Labute approximate surface area is 49.4 Å². The average Bonchev–Trinajstić information content (AvgIpc) is 2.14. The van der Waals surface area contributed by atoms with Crippen LogP contribution >= 0.6 is 23.4 Å². The van der Waals surface area contributed by atoms with Crippen molar-refractivity contribution in [3.05, 3.63) is 11.6 Å². The van der Waals surface area contributed by atoms with Gasteiger partial charge in [0.05, 0.1) is 12.0 Å². The molecule has 0 saturated heterocycles. The molecule has 1 rings (SSSR count). The lowest BCUT2D eigenvalue weighted by molar-refractivity contribution is 0.663. The minimum atomic E-state index is 0.683. The number of hydrogen-bond acceptors (Lipinski definition) is 4. The van der Waals surface area contributed by atoms with Gasteiger partial charge < -0.3 is 4.55 Å². The van der Waals surface area contributed by atoms with E-state index < -0.39 is 0 Å². The highest BCUT2D eigenvalue weighted by atomic mass is 32.2. The van der Waals surface area contributed by atoms with Crippen LogP contribution in [0.15, 0.2) is 15.9 Å². The molecule has 0 atom stereocenters. The fraction of sp³-hybridized carbons (Fsp3) is 0. The van der Waals surface area contributed by atoms with Crippen LogP contribution in [-0.4, -0.2) is 9.54 Å². The summed E-state index contributed by atoms with van der Waals surface area (Å²) in [5, 5.41) is 1.82. The van der Waals surface area contributed by atoms with Gasteiger partial charge in [-0.05, 0) is 0 Å². The lowest BCUT2D eigenvalue weighted by atomic mass is 11.0. The van der Waals surface area contributed by atoms with Gasteiger partial charge in [0, 0.05) is 11.6 Å². The summed E-state index contributed by atoms with van der Waals surface area (Å²) in [7, 11) is 0. The molecule has 2 nitrogen and oxygen atoms in total. The monoisotopic (exact) mass is 133 g/mol. The smallest absolute Gasteiger partial charge is 0.176 e. The Bertz CT molecular complexity index is 127. The van der Waals surface area contributed by atoms with E-state index in [4.69, 9.17) is 4.55 Å². The van der Waals surface area contributed by atoms with Gasteiger partial charge in [0.1, 0.15) is 0 Å². The molecule has 0 aliphatic rings. The molecule has 0 spiro atoms. The molecule has 0 saturated carbocycles. The summed E-state index contributed by atoms with van der Waals surface area (Å²) in [6.45, 7) is 0. The molecule has 0 amide bonds. The van der Waals surface area contributed by atoms with Crippen LogP contribution < -0.4 is 0 Å². The van der Waals surface area contributed by atoms with Crippen molar-refractivity contribution >= 4 is 23.4 Å². The molecule has 38 valence electrons.